The third-order valence-electron chi connectivity index (χ3n) is 2.39. The van der Waals surface area contributed by atoms with Crippen LogP contribution in [0.2, 0.25) is 0 Å². The van der Waals surface area contributed by atoms with Gasteiger partial charge in [-0.05, 0) is 12.1 Å². The average Bonchev–Trinajstić information content (AvgIpc) is 2.61. The lowest BCUT2D eigenvalue weighted by atomic mass is 10.3. The van der Waals surface area contributed by atoms with Gasteiger partial charge in [0.25, 0.3) is 0 Å². The molecular weight excluding hydrogens is 336 g/mol. The minimum absolute atomic E-state index is 0.449. The molecule has 0 saturated carbocycles. The van der Waals surface area contributed by atoms with Crippen LogP contribution in [0.5, 0.6) is 11.5 Å². The van der Waals surface area contributed by atoms with Gasteiger partial charge in [-0.15, -0.1) is 11.4 Å². The Balaban J connectivity index is 0.000000363. The van der Waals surface area contributed by atoms with Crippen molar-refractivity contribution >= 4 is 22.7 Å². The molecule has 0 aliphatic rings. The standard InChI is InChI=1S/2C7H7N2O.H2O3S/c2*1-10-7-5-3-2-4-6(7)9-8;1-4(2)3/h2*2-5H,1H3;(H2,1,2,3)/q2*+1;/p-2. The molecule has 0 aliphatic heterocycles. The summed E-state index contributed by atoms with van der Waals surface area (Å²) in [4.78, 5) is 6.03. The number of ether oxygens (including phenoxy) is 2. The van der Waals surface area contributed by atoms with Crippen LogP contribution in [-0.4, -0.2) is 27.5 Å². The Hall–Kier alpha value is -3.05. The quantitative estimate of drug-likeness (QED) is 0.597. The third kappa shape index (κ3) is 8.41. The van der Waals surface area contributed by atoms with Crippen molar-refractivity contribution in [2.75, 3.05) is 14.2 Å². The Labute approximate surface area is 141 Å². The van der Waals surface area contributed by atoms with Crippen molar-refractivity contribution in [1.82, 2.24) is 0 Å². The summed E-state index contributed by atoms with van der Waals surface area (Å²) < 4.78 is 35.1. The molecule has 0 atom stereocenters. The van der Waals surface area contributed by atoms with E-state index in [4.69, 9.17) is 33.6 Å². The van der Waals surface area contributed by atoms with Crippen molar-refractivity contribution in [2.45, 2.75) is 0 Å². The Kier molecular flexibility index (Phi) is 10.9. The Morgan fingerprint density at radius 2 is 1.12 bits per heavy atom. The number of benzene rings is 2. The van der Waals surface area contributed by atoms with Gasteiger partial charge in [-0.1, -0.05) is 24.3 Å². The largest absolute Gasteiger partial charge is 0.784 e. The SMILES string of the molecule is COc1ccccc1[N+]#N.COc1ccccc1[N+]#N.O=S([O-])[O-]. The number of nitrogens with zero attached hydrogens (tertiary/aromatic N) is 4. The van der Waals surface area contributed by atoms with Gasteiger partial charge in [0, 0.05) is 12.1 Å². The summed E-state index contributed by atoms with van der Waals surface area (Å²) in [7, 11) is 3.06. The molecule has 0 fully saturated rings. The van der Waals surface area contributed by atoms with Crippen LogP contribution in [0.25, 0.3) is 9.95 Å². The molecular formula is C14H14N4O5S. The van der Waals surface area contributed by atoms with Gasteiger partial charge in [-0.25, -0.2) is 0 Å². The van der Waals surface area contributed by atoms with Crippen molar-refractivity contribution in [3.05, 3.63) is 58.5 Å². The second kappa shape index (κ2) is 12.5. The summed E-state index contributed by atoms with van der Waals surface area (Å²) in [5.41, 5.74) is 0.898. The first-order valence-corrected chi connectivity index (χ1v) is 7.23. The van der Waals surface area contributed by atoms with Crippen molar-refractivity contribution in [1.29, 1.82) is 10.8 Å². The van der Waals surface area contributed by atoms with E-state index in [1.54, 1.807) is 36.4 Å². The Bertz CT molecular complexity index is 681. The van der Waals surface area contributed by atoms with Gasteiger partial charge in [-0.2, -0.15) is 0 Å². The van der Waals surface area contributed by atoms with Crippen molar-refractivity contribution in [3.8, 4) is 11.5 Å². The van der Waals surface area contributed by atoms with Crippen molar-refractivity contribution in [2.24, 2.45) is 0 Å². The highest BCUT2D eigenvalue weighted by Crippen LogP contribution is 2.26. The molecule has 0 heterocycles. The van der Waals surface area contributed by atoms with Crippen LogP contribution >= 0.6 is 0 Å². The molecule has 0 unspecified atom stereocenters. The normalized spacial score (nSPS) is 8.46. The van der Waals surface area contributed by atoms with Crippen LogP contribution in [0.4, 0.5) is 11.4 Å². The Morgan fingerprint density at radius 3 is 1.33 bits per heavy atom. The minimum Gasteiger partial charge on any atom is -0.784 e. The number of hydrogen-bond donors (Lipinski definition) is 0. The summed E-state index contributed by atoms with van der Waals surface area (Å²) in [5, 5.41) is 16.8. The number of hydrogen-bond acceptors (Lipinski definition) is 7. The minimum atomic E-state index is -3.11. The molecule has 0 radical (unpaired) electrons. The van der Waals surface area contributed by atoms with Gasteiger partial charge < -0.3 is 18.6 Å². The summed E-state index contributed by atoms with van der Waals surface area (Å²) in [5.74, 6) is 1.15. The highest BCUT2D eigenvalue weighted by molar-refractivity contribution is 7.72. The van der Waals surface area contributed by atoms with Gasteiger partial charge in [0.05, 0.1) is 14.2 Å². The van der Waals surface area contributed by atoms with Gasteiger partial charge in [0.1, 0.15) is 0 Å². The fraction of sp³-hybridized carbons (Fsp3) is 0.143. The molecule has 0 saturated heterocycles. The van der Waals surface area contributed by atoms with E-state index in [0.29, 0.717) is 22.9 Å². The molecule has 2 aromatic carbocycles. The van der Waals surface area contributed by atoms with Crippen molar-refractivity contribution < 1.29 is 22.8 Å². The molecule has 24 heavy (non-hydrogen) atoms. The highest BCUT2D eigenvalue weighted by atomic mass is 32.2. The van der Waals surface area contributed by atoms with Gasteiger partial charge >= 0.3 is 11.4 Å². The maximum absolute atomic E-state index is 8.44. The second-order valence-corrected chi connectivity index (χ2v) is 4.16. The van der Waals surface area contributed by atoms with Crippen LogP contribution in [0.3, 0.4) is 0 Å². The van der Waals surface area contributed by atoms with E-state index in [9.17, 15) is 0 Å². The van der Waals surface area contributed by atoms with E-state index in [1.807, 2.05) is 12.1 Å². The lowest BCUT2D eigenvalue weighted by Gasteiger charge is -2.03. The number of para-hydroxylation sites is 2. The molecule has 2 aromatic rings. The molecule has 126 valence electrons. The van der Waals surface area contributed by atoms with Crippen LogP contribution < -0.4 is 9.47 Å². The average molecular weight is 350 g/mol. The first-order chi connectivity index (χ1) is 11.5. The molecule has 0 amide bonds. The zero-order chi connectivity index (χ0) is 18.4. The van der Waals surface area contributed by atoms with Crippen LogP contribution in [-0.2, 0) is 11.4 Å². The molecule has 9 nitrogen and oxygen atoms in total. The summed E-state index contributed by atoms with van der Waals surface area (Å²) in [6.45, 7) is 0. The molecule has 0 aliphatic carbocycles. The van der Waals surface area contributed by atoms with Gasteiger partial charge in [0.15, 0.2) is 9.95 Å². The number of rotatable bonds is 2. The lowest BCUT2D eigenvalue weighted by Crippen LogP contribution is -1.80. The molecule has 0 N–H and O–H groups in total. The first-order valence-electron chi connectivity index (χ1n) is 6.23. The molecule has 0 bridgehead atoms. The molecule has 2 rings (SSSR count). The monoisotopic (exact) mass is 350 g/mol. The second-order valence-electron chi connectivity index (χ2n) is 3.75. The van der Waals surface area contributed by atoms with E-state index >= 15 is 0 Å². The lowest BCUT2D eigenvalue weighted by molar-refractivity contribution is 0.417. The fourth-order valence-corrected chi connectivity index (χ4v) is 1.42. The van der Waals surface area contributed by atoms with Crippen LogP contribution in [0, 0.1) is 10.8 Å². The maximum Gasteiger partial charge on any atom is 0.426 e. The van der Waals surface area contributed by atoms with Gasteiger partial charge in [-0.3, -0.25) is 4.21 Å². The maximum atomic E-state index is 8.44. The fourth-order valence-electron chi connectivity index (χ4n) is 1.42. The zero-order valence-electron chi connectivity index (χ0n) is 12.9. The summed E-state index contributed by atoms with van der Waals surface area (Å²) in [6, 6.07) is 14.0. The van der Waals surface area contributed by atoms with E-state index in [-0.39, 0.29) is 0 Å². The first kappa shape index (κ1) is 20.9. The van der Waals surface area contributed by atoms with Gasteiger partial charge in [0.2, 0.25) is 22.3 Å². The van der Waals surface area contributed by atoms with Crippen LogP contribution in [0.1, 0.15) is 0 Å². The van der Waals surface area contributed by atoms with Crippen LogP contribution in [0.15, 0.2) is 48.5 Å². The van der Waals surface area contributed by atoms with E-state index in [1.165, 1.54) is 14.2 Å². The smallest absolute Gasteiger partial charge is 0.426 e. The number of methoxy groups -OCH3 is 2. The summed E-state index contributed by atoms with van der Waals surface area (Å²) >= 11 is -3.11. The highest BCUT2D eigenvalue weighted by Gasteiger charge is 2.11. The van der Waals surface area contributed by atoms with E-state index < -0.39 is 11.4 Å². The number of diazo groups is 2. The predicted octanol–water partition coefficient (Wildman–Crippen LogP) is 3.36. The third-order valence-corrected chi connectivity index (χ3v) is 2.39. The predicted molar refractivity (Wildman–Crippen MR) is 85.2 cm³/mol. The van der Waals surface area contributed by atoms with E-state index in [0.717, 1.165) is 0 Å². The topological polar surface area (TPSA) is 138 Å². The molecule has 0 aromatic heterocycles. The summed E-state index contributed by atoms with van der Waals surface area (Å²) in [6.07, 6.45) is 0. The molecule has 0 spiro atoms. The Morgan fingerprint density at radius 1 is 0.833 bits per heavy atom. The molecule has 10 heteroatoms. The zero-order valence-corrected chi connectivity index (χ0v) is 13.7. The van der Waals surface area contributed by atoms with Crippen molar-refractivity contribution in [3.63, 3.8) is 0 Å². The van der Waals surface area contributed by atoms with E-state index in [2.05, 4.69) is 9.95 Å².